The molecule has 2 aromatic carbocycles. The highest BCUT2D eigenvalue weighted by Gasteiger charge is 2.20. The highest BCUT2D eigenvalue weighted by atomic mass is 19.2. The van der Waals surface area contributed by atoms with Crippen molar-refractivity contribution in [2.24, 2.45) is 5.73 Å². The maximum Gasteiger partial charge on any atom is 0.243 e. The maximum atomic E-state index is 13.2. The highest BCUT2D eigenvalue weighted by molar-refractivity contribution is 5.96. The standard InChI is InChI=1S/C16H16F2N2O/c1-20(12-7-8-13(17)14(18)10-12)16(21)15(19)9-11-5-3-2-4-6-11/h2-8,10,15H,9,19H2,1H3/t15-/m0/s1. The molecule has 1 amide bonds. The predicted octanol–water partition coefficient (Wildman–Crippen LogP) is 2.50. The van der Waals surface area contributed by atoms with Crippen LogP contribution in [0.5, 0.6) is 0 Å². The zero-order chi connectivity index (χ0) is 15.4. The van der Waals surface area contributed by atoms with Gasteiger partial charge in [-0.15, -0.1) is 0 Å². The number of anilines is 1. The van der Waals surface area contributed by atoms with Gasteiger partial charge in [0.1, 0.15) is 0 Å². The summed E-state index contributed by atoms with van der Waals surface area (Å²) >= 11 is 0. The molecule has 5 heteroatoms. The van der Waals surface area contributed by atoms with Crippen LogP contribution in [0.2, 0.25) is 0 Å². The van der Waals surface area contributed by atoms with Crippen LogP contribution in [0.3, 0.4) is 0 Å². The van der Waals surface area contributed by atoms with Gasteiger partial charge in [-0.3, -0.25) is 4.79 Å². The van der Waals surface area contributed by atoms with Gasteiger partial charge in [0.05, 0.1) is 6.04 Å². The molecule has 0 fully saturated rings. The van der Waals surface area contributed by atoms with Crippen molar-refractivity contribution in [3.63, 3.8) is 0 Å². The third-order valence-corrected chi connectivity index (χ3v) is 3.24. The number of likely N-dealkylation sites (N-methyl/N-ethyl adjacent to an activating group) is 1. The number of amides is 1. The molecule has 0 saturated carbocycles. The molecule has 3 nitrogen and oxygen atoms in total. The Bertz CT molecular complexity index is 631. The molecule has 0 aliphatic heterocycles. The first kappa shape index (κ1) is 15.1. The first-order valence-electron chi connectivity index (χ1n) is 6.51. The smallest absolute Gasteiger partial charge is 0.243 e. The number of nitrogens with zero attached hydrogens (tertiary/aromatic N) is 1. The summed E-state index contributed by atoms with van der Waals surface area (Å²) in [5.41, 5.74) is 7.10. The molecule has 1 atom stereocenters. The van der Waals surface area contributed by atoms with E-state index in [1.165, 1.54) is 18.0 Å². The average Bonchev–Trinajstić information content (AvgIpc) is 2.49. The minimum Gasteiger partial charge on any atom is -0.320 e. The van der Waals surface area contributed by atoms with Crippen molar-refractivity contribution < 1.29 is 13.6 Å². The first-order chi connectivity index (χ1) is 9.99. The first-order valence-corrected chi connectivity index (χ1v) is 6.51. The van der Waals surface area contributed by atoms with Gasteiger partial charge >= 0.3 is 0 Å². The highest BCUT2D eigenvalue weighted by Crippen LogP contribution is 2.17. The normalized spacial score (nSPS) is 12.0. The Labute approximate surface area is 122 Å². The van der Waals surface area contributed by atoms with E-state index in [0.717, 1.165) is 17.7 Å². The lowest BCUT2D eigenvalue weighted by Gasteiger charge is -2.21. The fraction of sp³-hybridized carbons (Fsp3) is 0.188. The van der Waals surface area contributed by atoms with E-state index in [2.05, 4.69) is 0 Å². The summed E-state index contributed by atoms with van der Waals surface area (Å²) in [6, 6.07) is 11.9. The van der Waals surface area contributed by atoms with E-state index >= 15 is 0 Å². The SMILES string of the molecule is CN(C(=O)[C@@H](N)Cc1ccccc1)c1ccc(F)c(F)c1. The van der Waals surface area contributed by atoms with Crippen molar-refractivity contribution >= 4 is 11.6 Å². The Morgan fingerprint density at radius 1 is 1.14 bits per heavy atom. The van der Waals surface area contributed by atoms with Crippen LogP contribution in [-0.4, -0.2) is 19.0 Å². The van der Waals surface area contributed by atoms with E-state index in [0.29, 0.717) is 6.42 Å². The van der Waals surface area contributed by atoms with Gasteiger partial charge in [0, 0.05) is 18.8 Å². The Morgan fingerprint density at radius 2 is 1.81 bits per heavy atom. The van der Waals surface area contributed by atoms with E-state index in [4.69, 9.17) is 5.73 Å². The topological polar surface area (TPSA) is 46.3 Å². The van der Waals surface area contributed by atoms with Crippen LogP contribution in [-0.2, 0) is 11.2 Å². The van der Waals surface area contributed by atoms with Crippen LogP contribution in [0.25, 0.3) is 0 Å². The van der Waals surface area contributed by atoms with Gasteiger partial charge in [0.25, 0.3) is 0 Å². The van der Waals surface area contributed by atoms with Gasteiger partial charge < -0.3 is 10.6 Å². The fourth-order valence-corrected chi connectivity index (χ4v) is 2.02. The van der Waals surface area contributed by atoms with Gasteiger partial charge in [-0.2, -0.15) is 0 Å². The third-order valence-electron chi connectivity index (χ3n) is 3.24. The Morgan fingerprint density at radius 3 is 2.43 bits per heavy atom. The summed E-state index contributed by atoms with van der Waals surface area (Å²) in [7, 11) is 1.49. The Hall–Kier alpha value is -2.27. The number of carbonyl (C=O) groups excluding carboxylic acids is 1. The molecule has 2 rings (SSSR count). The molecule has 110 valence electrons. The van der Waals surface area contributed by atoms with Gasteiger partial charge in [-0.25, -0.2) is 8.78 Å². The molecule has 0 aromatic heterocycles. The largest absolute Gasteiger partial charge is 0.320 e. The molecule has 21 heavy (non-hydrogen) atoms. The number of hydrogen-bond donors (Lipinski definition) is 1. The summed E-state index contributed by atoms with van der Waals surface area (Å²) in [6.07, 6.45) is 0.383. The van der Waals surface area contributed by atoms with Crippen LogP contribution < -0.4 is 10.6 Å². The van der Waals surface area contributed by atoms with E-state index < -0.39 is 17.7 Å². The minimum atomic E-state index is -0.996. The quantitative estimate of drug-likeness (QED) is 0.940. The van der Waals surface area contributed by atoms with Crippen molar-refractivity contribution in [1.29, 1.82) is 0 Å². The average molecular weight is 290 g/mol. The van der Waals surface area contributed by atoms with Crippen molar-refractivity contribution in [1.82, 2.24) is 0 Å². The number of benzene rings is 2. The molecule has 0 radical (unpaired) electrons. The fourth-order valence-electron chi connectivity index (χ4n) is 2.02. The Kier molecular flexibility index (Phi) is 4.65. The predicted molar refractivity (Wildman–Crippen MR) is 77.9 cm³/mol. The summed E-state index contributed by atoms with van der Waals surface area (Å²) in [5, 5.41) is 0. The lowest BCUT2D eigenvalue weighted by atomic mass is 10.1. The van der Waals surface area contributed by atoms with Crippen LogP contribution >= 0.6 is 0 Å². The molecule has 0 aliphatic carbocycles. The van der Waals surface area contributed by atoms with Gasteiger partial charge in [-0.1, -0.05) is 30.3 Å². The molecular weight excluding hydrogens is 274 g/mol. The third kappa shape index (κ3) is 3.64. The molecule has 0 spiro atoms. The van der Waals surface area contributed by atoms with Crippen LogP contribution in [0.15, 0.2) is 48.5 Å². The second kappa shape index (κ2) is 6.45. The van der Waals surface area contributed by atoms with Crippen LogP contribution in [0.4, 0.5) is 14.5 Å². The lowest BCUT2D eigenvalue weighted by Crippen LogP contribution is -2.43. The summed E-state index contributed by atoms with van der Waals surface area (Å²) < 4.78 is 26.1. The molecule has 0 heterocycles. The van der Waals surface area contributed by atoms with E-state index in [9.17, 15) is 13.6 Å². The van der Waals surface area contributed by atoms with E-state index in [-0.39, 0.29) is 11.6 Å². The lowest BCUT2D eigenvalue weighted by molar-refractivity contribution is -0.119. The van der Waals surface area contributed by atoms with Crippen LogP contribution in [0.1, 0.15) is 5.56 Å². The maximum absolute atomic E-state index is 13.2. The number of rotatable bonds is 4. The molecule has 0 bridgehead atoms. The second-order valence-corrected chi connectivity index (χ2v) is 4.79. The van der Waals surface area contributed by atoms with Crippen LogP contribution in [0, 0.1) is 11.6 Å². The van der Waals surface area contributed by atoms with Gasteiger partial charge in [0.15, 0.2) is 11.6 Å². The molecular formula is C16H16F2N2O. The van der Waals surface area contributed by atoms with Crippen molar-refractivity contribution in [3.05, 3.63) is 65.7 Å². The van der Waals surface area contributed by atoms with Gasteiger partial charge in [0.2, 0.25) is 5.91 Å². The summed E-state index contributed by atoms with van der Waals surface area (Å²) in [4.78, 5) is 13.5. The minimum absolute atomic E-state index is 0.266. The molecule has 2 N–H and O–H groups in total. The molecule has 0 aliphatic rings. The van der Waals surface area contributed by atoms with E-state index in [1.54, 1.807) is 0 Å². The van der Waals surface area contributed by atoms with Crippen molar-refractivity contribution in [3.8, 4) is 0 Å². The number of nitrogens with two attached hydrogens (primary N) is 1. The van der Waals surface area contributed by atoms with Crippen molar-refractivity contribution in [2.45, 2.75) is 12.5 Å². The summed E-state index contributed by atoms with van der Waals surface area (Å²) in [5.74, 6) is -2.30. The molecule has 0 unspecified atom stereocenters. The Balaban J connectivity index is 2.09. The number of hydrogen-bond acceptors (Lipinski definition) is 2. The van der Waals surface area contributed by atoms with Crippen molar-refractivity contribution in [2.75, 3.05) is 11.9 Å². The summed E-state index contributed by atoms with van der Waals surface area (Å²) in [6.45, 7) is 0. The molecule has 0 saturated heterocycles. The van der Waals surface area contributed by atoms with Gasteiger partial charge in [-0.05, 0) is 24.1 Å². The monoisotopic (exact) mass is 290 g/mol. The number of carbonyl (C=O) groups is 1. The second-order valence-electron chi connectivity index (χ2n) is 4.79. The number of halogens is 2. The van der Waals surface area contributed by atoms with E-state index in [1.807, 2.05) is 30.3 Å². The zero-order valence-corrected chi connectivity index (χ0v) is 11.6. The molecule has 2 aromatic rings. The zero-order valence-electron chi connectivity index (χ0n) is 11.6.